The molecular weight excluding hydrogens is 275 g/mol. The molecule has 0 saturated heterocycles. The lowest BCUT2D eigenvalue weighted by molar-refractivity contribution is -0.137. The highest BCUT2D eigenvalue weighted by Crippen LogP contribution is 2.31. The molecule has 0 heterocycles. The van der Waals surface area contributed by atoms with E-state index in [0.29, 0.717) is 25.5 Å². The fraction of sp³-hybridized carbons (Fsp3) is 0.462. The Morgan fingerprint density at radius 2 is 1.90 bits per heavy atom. The van der Waals surface area contributed by atoms with E-state index in [0.717, 1.165) is 18.6 Å². The standard InChI is InChI=1S/C13H16F3NO3/c14-13(15,16)9-4-5-11(10(8-9)12(19)20)17-6-2-1-3-7-18/h4-5,8,17-18H,1-3,6-7H2,(H,19,20). The third-order valence-corrected chi connectivity index (χ3v) is 2.73. The number of benzene rings is 1. The van der Waals surface area contributed by atoms with Crippen LogP contribution < -0.4 is 5.32 Å². The van der Waals surface area contributed by atoms with Gasteiger partial charge in [-0.15, -0.1) is 0 Å². The maximum Gasteiger partial charge on any atom is 0.416 e. The molecule has 0 aliphatic heterocycles. The second-order valence-corrected chi connectivity index (χ2v) is 4.27. The predicted octanol–water partition coefficient (Wildman–Crippen LogP) is 2.98. The number of carbonyl (C=O) groups is 1. The first-order valence-corrected chi connectivity index (χ1v) is 6.15. The lowest BCUT2D eigenvalue weighted by atomic mass is 10.1. The molecule has 20 heavy (non-hydrogen) atoms. The normalized spacial score (nSPS) is 11.4. The van der Waals surface area contributed by atoms with E-state index in [1.54, 1.807) is 0 Å². The summed E-state index contributed by atoms with van der Waals surface area (Å²) in [6.45, 7) is 0.520. The van der Waals surface area contributed by atoms with E-state index in [1.165, 1.54) is 0 Å². The first kappa shape index (κ1) is 16.3. The summed E-state index contributed by atoms with van der Waals surface area (Å²) in [6.07, 6.45) is -2.47. The van der Waals surface area contributed by atoms with E-state index >= 15 is 0 Å². The van der Waals surface area contributed by atoms with E-state index in [9.17, 15) is 18.0 Å². The minimum atomic E-state index is -4.57. The number of aliphatic hydroxyl groups is 1. The number of hydrogen-bond donors (Lipinski definition) is 3. The van der Waals surface area contributed by atoms with Crippen molar-refractivity contribution in [2.45, 2.75) is 25.4 Å². The average molecular weight is 291 g/mol. The second-order valence-electron chi connectivity index (χ2n) is 4.27. The van der Waals surface area contributed by atoms with Crippen LogP contribution in [0.25, 0.3) is 0 Å². The van der Waals surface area contributed by atoms with Crippen molar-refractivity contribution in [1.29, 1.82) is 0 Å². The first-order chi connectivity index (χ1) is 9.36. The molecule has 1 aromatic rings. The third kappa shape index (κ3) is 4.73. The summed E-state index contributed by atoms with van der Waals surface area (Å²) in [5.74, 6) is -1.41. The number of unbranched alkanes of at least 4 members (excludes halogenated alkanes) is 2. The monoisotopic (exact) mass is 291 g/mol. The Kier molecular flexibility index (Phi) is 5.82. The van der Waals surface area contributed by atoms with Crippen molar-refractivity contribution < 1.29 is 28.2 Å². The van der Waals surface area contributed by atoms with Crippen LogP contribution in [-0.4, -0.2) is 29.3 Å². The average Bonchev–Trinajstić information content (AvgIpc) is 2.37. The number of nitrogens with one attached hydrogen (secondary N) is 1. The number of anilines is 1. The Hall–Kier alpha value is -1.76. The molecular formula is C13H16F3NO3. The van der Waals surface area contributed by atoms with Crippen LogP contribution in [0.1, 0.15) is 35.2 Å². The summed E-state index contributed by atoms with van der Waals surface area (Å²) in [6, 6.07) is 2.60. The van der Waals surface area contributed by atoms with E-state index in [1.807, 2.05) is 0 Å². The molecule has 0 spiro atoms. The summed E-state index contributed by atoms with van der Waals surface area (Å²) in [4.78, 5) is 11.0. The van der Waals surface area contributed by atoms with Gasteiger partial charge in [-0.05, 0) is 37.5 Å². The molecule has 0 atom stereocenters. The lowest BCUT2D eigenvalue weighted by Crippen LogP contribution is -2.11. The van der Waals surface area contributed by atoms with Gasteiger partial charge in [0.05, 0.1) is 11.1 Å². The maximum absolute atomic E-state index is 12.5. The van der Waals surface area contributed by atoms with Crippen LogP contribution >= 0.6 is 0 Å². The van der Waals surface area contributed by atoms with Crippen LogP contribution in [0.4, 0.5) is 18.9 Å². The topological polar surface area (TPSA) is 69.6 Å². The molecule has 1 rings (SSSR count). The summed E-state index contributed by atoms with van der Waals surface area (Å²) in [5, 5.41) is 20.4. The molecule has 3 N–H and O–H groups in total. The van der Waals surface area contributed by atoms with E-state index in [4.69, 9.17) is 10.2 Å². The number of aliphatic hydroxyl groups excluding tert-OH is 1. The van der Waals surface area contributed by atoms with Crippen LogP contribution in [0.15, 0.2) is 18.2 Å². The molecule has 112 valence electrons. The molecule has 4 nitrogen and oxygen atoms in total. The van der Waals surface area contributed by atoms with Gasteiger partial charge in [-0.3, -0.25) is 0 Å². The van der Waals surface area contributed by atoms with Crippen molar-refractivity contribution >= 4 is 11.7 Å². The molecule has 1 aromatic carbocycles. The number of rotatable bonds is 7. The summed E-state index contributed by atoms with van der Waals surface area (Å²) < 4.78 is 37.6. The number of carboxylic acids is 1. The third-order valence-electron chi connectivity index (χ3n) is 2.73. The van der Waals surface area contributed by atoms with Crippen LogP contribution in [0.2, 0.25) is 0 Å². The van der Waals surface area contributed by atoms with Gasteiger partial charge in [-0.2, -0.15) is 13.2 Å². The minimum absolute atomic E-state index is 0.0840. The van der Waals surface area contributed by atoms with Crippen LogP contribution in [-0.2, 0) is 6.18 Å². The zero-order chi connectivity index (χ0) is 15.2. The molecule has 0 radical (unpaired) electrons. The molecule has 0 unspecified atom stereocenters. The highest BCUT2D eigenvalue weighted by atomic mass is 19.4. The van der Waals surface area contributed by atoms with Gasteiger partial charge in [0, 0.05) is 18.8 Å². The van der Waals surface area contributed by atoms with Gasteiger partial charge in [0.25, 0.3) is 0 Å². The minimum Gasteiger partial charge on any atom is -0.478 e. The van der Waals surface area contributed by atoms with E-state index < -0.39 is 23.3 Å². The van der Waals surface area contributed by atoms with Gasteiger partial charge in [0.1, 0.15) is 0 Å². The smallest absolute Gasteiger partial charge is 0.416 e. The zero-order valence-corrected chi connectivity index (χ0v) is 10.7. The number of aromatic carboxylic acids is 1. The number of carboxylic acid groups (broad SMARTS) is 1. The summed E-state index contributed by atoms with van der Waals surface area (Å²) in [7, 11) is 0. The fourth-order valence-electron chi connectivity index (χ4n) is 1.69. The highest BCUT2D eigenvalue weighted by Gasteiger charge is 2.31. The Balaban J connectivity index is 2.78. The maximum atomic E-state index is 12.5. The van der Waals surface area contributed by atoms with Crippen LogP contribution in [0.5, 0.6) is 0 Å². The zero-order valence-electron chi connectivity index (χ0n) is 10.7. The van der Waals surface area contributed by atoms with Crippen molar-refractivity contribution in [3.8, 4) is 0 Å². The highest BCUT2D eigenvalue weighted by molar-refractivity contribution is 5.94. The molecule has 0 aromatic heterocycles. The Bertz CT molecular complexity index is 461. The molecule has 0 amide bonds. The molecule has 7 heteroatoms. The summed E-state index contributed by atoms with van der Waals surface area (Å²) in [5.41, 5.74) is -1.22. The summed E-state index contributed by atoms with van der Waals surface area (Å²) >= 11 is 0. The van der Waals surface area contributed by atoms with Crippen molar-refractivity contribution in [2.24, 2.45) is 0 Å². The number of alkyl halides is 3. The van der Waals surface area contributed by atoms with Gasteiger partial charge in [0.15, 0.2) is 0 Å². The van der Waals surface area contributed by atoms with E-state index in [2.05, 4.69) is 5.32 Å². The van der Waals surface area contributed by atoms with E-state index in [-0.39, 0.29) is 12.3 Å². The van der Waals surface area contributed by atoms with Crippen molar-refractivity contribution in [3.63, 3.8) is 0 Å². The SMILES string of the molecule is O=C(O)c1cc(C(F)(F)F)ccc1NCCCCCO. The second kappa shape index (κ2) is 7.14. The molecule has 0 aliphatic rings. The van der Waals surface area contributed by atoms with Crippen LogP contribution in [0.3, 0.4) is 0 Å². The van der Waals surface area contributed by atoms with Gasteiger partial charge >= 0.3 is 12.1 Å². The van der Waals surface area contributed by atoms with Crippen molar-refractivity contribution in [2.75, 3.05) is 18.5 Å². The Morgan fingerprint density at radius 1 is 1.20 bits per heavy atom. The quantitative estimate of drug-likeness (QED) is 0.675. The Labute approximate surface area is 114 Å². The lowest BCUT2D eigenvalue weighted by Gasteiger charge is -2.12. The van der Waals surface area contributed by atoms with Crippen molar-refractivity contribution in [1.82, 2.24) is 0 Å². The Morgan fingerprint density at radius 3 is 2.45 bits per heavy atom. The first-order valence-electron chi connectivity index (χ1n) is 6.15. The van der Waals surface area contributed by atoms with Gasteiger partial charge in [-0.1, -0.05) is 0 Å². The number of halogens is 3. The van der Waals surface area contributed by atoms with Gasteiger partial charge in [0.2, 0.25) is 0 Å². The number of hydrogen-bond acceptors (Lipinski definition) is 3. The molecule has 0 saturated carbocycles. The fourth-order valence-corrected chi connectivity index (χ4v) is 1.69. The van der Waals surface area contributed by atoms with Gasteiger partial charge in [-0.25, -0.2) is 4.79 Å². The molecule has 0 fully saturated rings. The molecule has 0 aliphatic carbocycles. The largest absolute Gasteiger partial charge is 0.478 e. The van der Waals surface area contributed by atoms with Crippen LogP contribution in [0, 0.1) is 0 Å². The molecule has 0 bridgehead atoms. The van der Waals surface area contributed by atoms with Crippen molar-refractivity contribution in [3.05, 3.63) is 29.3 Å². The predicted molar refractivity (Wildman–Crippen MR) is 67.8 cm³/mol. The van der Waals surface area contributed by atoms with Gasteiger partial charge < -0.3 is 15.5 Å².